The molecule has 120 valence electrons. The Morgan fingerprint density at radius 3 is 2.38 bits per heavy atom. The second-order valence-electron chi connectivity index (χ2n) is 4.96. The molecule has 1 heterocycles. The summed E-state index contributed by atoms with van der Waals surface area (Å²) < 4.78 is 5.19. The number of nitrogens with one attached hydrogen (secondary N) is 1. The molecule has 2 aromatic carbocycles. The number of carbonyl (C=O) groups excluding carboxylic acids is 1. The third kappa shape index (κ3) is 3.52. The summed E-state index contributed by atoms with van der Waals surface area (Å²) in [6.45, 7) is 0. The number of halogens is 1. The van der Waals surface area contributed by atoms with Crippen LogP contribution in [0.25, 0.3) is 11.4 Å². The first-order chi connectivity index (χ1) is 11.7. The number of methoxy groups -OCH3 is 1. The number of ether oxygens (including phenoxy) is 1. The maximum Gasteiger partial charge on any atom is 0.259 e. The quantitative estimate of drug-likeness (QED) is 0.778. The standard InChI is InChI=1S/C18H14ClN3O2/c1-24-16-5-3-2-4-15(16)18(23)22-14-10-20-17(21-11-14)12-6-8-13(19)9-7-12/h2-11H,1H3,(H,22,23). The van der Waals surface area contributed by atoms with Crippen LogP contribution in [0.15, 0.2) is 60.9 Å². The molecule has 0 fully saturated rings. The minimum atomic E-state index is -0.282. The lowest BCUT2D eigenvalue weighted by Gasteiger charge is -2.09. The molecule has 5 nitrogen and oxygen atoms in total. The lowest BCUT2D eigenvalue weighted by Crippen LogP contribution is -2.13. The molecule has 1 amide bonds. The van der Waals surface area contributed by atoms with Gasteiger partial charge in [-0.1, -0.05) is 23.7 Å². The Hall–Kier alpha value is -2.92. The zero-order valence-corrected chi connectivity index (χ0v) is 13.6. The van der Waals surface area contributed by atoms with Gasteiger partial charge in [-0.3, -0.25) is 4.79 Å². The summed E-state index contributed by atoms with van der Waals surface area (Å²) in [5, 5.41) is 3.41. The maximum absolute atomic E-state index is 12.3. The van der Waals surface area contributed by atoms with Crippen LogP contribution < -0.4 is 10.1 Å². The van der Waals surface area contributed by atoms with Crippen molar-refractivity contribution in [2.45, 2.75) is 0 Å². The van der Waals surface area contributed by atoms with Gasteiger partial charge in [0.15, 0.2) is 5.82 Å². The highest BCUT2D eigenvalue weighted by molar-refractivity contribution is 6.30. The van der Waals surface area contributed by atoms with Gasteiger partial charge in [-0.15, -0.1) is 0 Å². The van der Waals surface area contributed by atoms with Crippen molar-refractivity contribution in [2.75, 3.05) is 12.4 Å². The molecule has 0 atom stereocenters. The van der Waals surface area contributed by atoms with Gasteiger partial charge < -0.3 is 10.1 Å². The third-order valence-electron chi connectivity index (χ3n) is 3.36. The van der Waals surface area contributed by atoms with Gasteiger partial charge in [0.25, 0.3) is 5.91 Å². The van der Waals surface area contributed by atoms with E-state index in [-0.39, 0.29) is 5.91 Å². The van der Waals surface area contributed by atoms with Crippen LogP contribution in [0, 0.1) is 0 Å². The van der Waals surface area contributed by atoms with E-state index in [0.717, 1.165) is 5.56 Å². The van der Waals surface area contributed by atoms with E-state index in [2.05, 4.69) is 15.3 Å². The predicted octanol–water partition coefficient (Wildman–Crippen LogP) is 4.06. The number of hydrogen-bond acceptors (Lipinski definition) is 4. The van der Waals surface area contributed by atoms with Crippen LogP contribution in [0.1, 0.15) is 10.4 Å². The summed E-state index contributed by atoms with van der Waals surface area (Å²) in [5.41, 5.74) is 1.80. The molecule has 0 spiro atoms. The van der Waals surface area contributed by atoms with Crippen molar-refractivity contribution in [1.29, 1.82) is 0 Å². The van der Waals surface area contributed by atoms with Crippen molar-refractivity contribution in [3.63, 3.8) is 0 Å². The number of amides is 1. The van der Waals surface area contributed by atoms with Crippen LogP contribution in [0.2, 0.25) is 5.02 Å². The summed E-state index contributed by atoms with van der Waals surface area (Å²) in [6.07, 6.45) is 3.12. The molecule has 6 heteroatoms. The Morgan fingerprint density at radius 1 is 1.04 bits per heavy atom. The number of nitrogens with zero attached hydrogens (tertiary/aromatic N) is 2. The first-order valence-corrected chi connectivity index (χ1v) is 7.57. The van der Waals surface area contributed by atoms with E-state index in [1.165, 1.54) is 7.11 Å². The summed E-state index contributed by atoms with van der Waals surface area (Å²) in [4.78, 5) is 20.9. The summed E-state index contributed by atoms with van der Waals surface area (Å²) in [7, 11) is 1.52. The van der Waals surface area contributed by atoms with Crippen LogP contribution in [0.3, 0.4) is 0 Å². The Kier molecular flexibility index (Phi) is 4.72. The Balaban J connectivity index is 1.76. The van der Waals surface area contributed by atoms with Gasteiger partial charge in [0.05, 0.1) is 30.8 Å². The topological polar surface area (TPSA) is 64.1 Å². The van der Waals surface area contributed by atoms with Gasteiger partial charge in [0.2, 0.25) is 0 Å². The molecular weight excluding hydrogens is 326 g/mol. The van der Waals surface area contributed by atoms with E-state index in [0.29, 0.717) is 27.8 Å². The number of hydrogen-bond donors (Lipinski definition) is 1. The third-order valence-corrected chi connectivity index (χ3v) is 3.62. The fourth-order valence-electron chi connectivity index (χ4n) is 2.17. The van der Waals surface area contributed by atoms with Crippen LogP contribution in [0.5, 0.6) is 5.75 Å². The normalized spacial score (nSPS) is 10.2. The highest BCUT2D eigenvalue weighted by Crippen LogP contribution is 2.20. The molecule has 0 aliphatic heterocycles. The molecule has 24 heavy (non-hydrogen) atoms. The average molecular weight is 340 g/mol. The molecule has 1 N–H and O–H groups in total. The number of para-hydroxylation sites is 1. The van der Waals surface area contributed by atoms with Crippen molar-refractivity contribution in [3.05, 3.63) is 71.5 Å². The van der Waals surface area contributed by atoms with Crippen molar-refractivity contribution in [2.24, 2.45) is 0 Å². The SMILES string of the molecule is COc1ccccc1C(=O)Nc1cnc(-c2ccc(Cl)cc2)nc1. The summed E-state index contributed by atoms with van der Waals surface area (Å²) in [5.74, 6) is 0.783. The molecule has 3 aromatic rings. The first kappa shape index (κ1) is 16.0. The predicted molar refractivity (Wildman–Crippen MR) is 93.4 cm³/mol. The number of rotatable bonds is 4. The van der Waals surface area contributed by atoms with Crippen molar-refractivity contribution in [3.8, 4) is 17.1 Å². The van der Waals surface area contributed by atoms with Gasteiger partial charge in [0.1, 0.15) is 5.75 Å². The highest BCUT2D eigenvalue weighted by atomic mass is 35.5. The van der Waals surface area contributed by atoms with Crippen molar-refractivity contribution in [1.82, 2.24) is 9.97 Å². The van der Waals surface area contributed by atoms with Crippen molar-refractivity contribution < 1.29 is 9.53 Å². The van der Waals surface area contributed by atoms with Gasteiger partial charge in [-0.05, 0) is 36.4 Å². The molecule has 3 rings (SSSR count). The average Bonchev–Trinajstić information content (AvgIpc) is 2.63. The Labute approximate surface area is 144 Å². The molecule has 0 unspecified atom stereocenters. The highest BCUT2D eigenvalue weighted by Gasteiger charge is 2.12. The monoisotopic (exact) mass is 339 g/mol. The molecule has 0 radical (unpaired) electrons. The van der Waals surface area contributed by atoms with Gasteiger partial charge >= 0.3 is 0 Å². The molecule has 0 saturated carbocycles. The lowest BCUT2D eigenvalue weighted by molar-refractivity contribution is 0.102. The minimum absolute atomic E-state index is 0.282. The first-order valence-electron chi connectivity index (χ1n) is 7.20. The molecule has 0 aliphatic rings. The second-order valence-corrected chi connectivity index (χ2v) is 5.39. The summed E-state index contributed by atoms with van der Waals surface area (Å²) >= 11 is 5.87. The Bertz CT molecular complexity index is 849. The molecule has 0 aliphatic carbocycles. The zero-order valence-electron chi connectivity index (χ0n) is 12.9. The van der Waals surface area contributed by atoms with Crippen LogP contribution >= 0.6 is 11.6 Å². The van der Waals surface area contributed by atoms with Crippen LogP contribution in [-0.4, -0.2) is 23.0 Å². The molecule has 1 aromatic heterocycles. The van der Waals surface area contributed by atoms with E-state index in [1.54, 1.807) is 48.8 Å². The van der Waals surface area contributed by atoms with Crippen molar-refractivity contribution >= 4 is 23.2 Å². The largest absolute Gasteiger partial charge is 0.496 e. The number of benzene rings is 2. The van der Waals surface area contributed by atoms with Crippen LogP contribution in [0.4, 0.5) is 5.69 Å². The van der Waals surface area contributed by atoms with E-state index in [4.69, 9.17) is 16.3 Å². The Morgan fingerprint density at radius 2 is 1.71 bits per heavy atom. The number of aromatic nitrogens is 2. The number of carbonyl (C=O) groups is 1. The van der Waals surface area contributed by atoms with E-state index < -0.39 is 0 Å². The van der Waals surface area contributed by atoms with Gasteiger partial charge in [0, 0.05) is 10.6 Å². The van der Waals surface area contributed by atoms with Gasteiger partial charge in [-0.2, -0.15) is 0 Å². The summed E-state index contributed by atoms with van der Waals surface area (Å²) in [6, 6.07) is 14.2. The lowest BCUT2D eigenvalue weighted by atomic mass is 10.2. The molecular formula is C18H14ClN3O2. The van der Waals surface area contributed by atoms with E-state index in [1.807, 2.05) is 12.1 Å². The van der Waals surface area contributed by atoms with E-state index in [9.17, 15) is 4.79 Å². The number of anilines is 1. The molecule has 0 saturated heterocycles. The maximum atomic E-state index is 12.3. The minimum Gasteiger partial charge on any atom is -0.496 e. The molecule has 0 bridgehead atoms. The fourth-order valence-corrected chi connectivity index (χ4v) is 2.30. The van der Waals surface area contributed by atoms with Crippen LogP contribution in [-0.2, 0) is 0 Å². The fraction of sp³-hybridized carbons (Fsp3) is 0.0556. The van der Waals surface area contributed by atoms with Gasteiger partial charge in [-0.25, -0.2) is 9.97 Å². The zero-order chi connectivity index (χ0) is 16.9. The smallest absolute Gasteiger partial charge is 0.259 e. The second kappa shape index (κ2) is 7.10. The van der Waals surface area contributed by atoms with E-state index >= 15 is 0 Å².